The average molecular weight is 312 g/mol. The van der Waals surface area contributed by atoms with Crippen LogP contribution in [0.5, 0.6) is 0 Å². The molecule has 7 nitrogen and oxygen atoms in total. The largest absolute Gasteiger partial charge is 0.481 e. The molecule has 1 saturated heterocycles. The maximum Gasteiger partial charge on any atom is 0.308 e. The van der Waals surface area contributed by atoms with Crippen molar-refractivity contribution in [1.82, 2.24) is 4.31 Å². The second kappa shape index (κ2) is 5.45. The van der Waals surface area contributed by atoms with E-state index >= 15 is 0 Å². The molecule has 8 heteroatoms. The van der Waals surface area contributed by atoms with E-state index in [1.165, 1.54) is 43.3 Å². The van der Waals surface area contributed by atoms with E-state index in [2.05, 4.69) is 0 Å². The van der Waals surface area contributed by atoms with Gasteiger partial charge in [0.05, 0.1) is 10.8 Å². The van der Waals surface area contributed by atoms with Gasteiger partial charge in [0.2, 0.25) is 15.9 Å². The van der Waals surface area contributed by atoms with Gasteiger partial charge in [-0.05, 0) is 24.3 Å². The Morgan fingerprint density at radius 1 is 1.29 bits per heavy atom. The van der Waals surface area contributed by atoms with Crippen molar-refractivity contribution in [1.29, 1.82) is 0 Å². The normalized spacial score (nSPS) is 19.3. The molecular formula is C13H16N2O5S. The van der Waals surface area contributed by atoms with Gasteiger partial charge >= 0.3 is 5.97 Å². The number of nitrogens with zero attached hydrogens (tertiary/aromatic N) is 2. The molecule has 114 valence electrons. The van der Waals surface area contributed by atoms with Gasteiger partial charge in [0.1, 0.15) is 0 Å². The summed E-state index contributed by atoms with van der Waals surface area (Å²) in [4.78, 5) is 24.2. The van der Waals surface area contributed by atoms with Gasteiger partial charge in [0, 0.05) is 32.7 Å². The van der Waals surface area contributed by atoms with E-state index < -0.39 is 21.9 Å². The van der Waals surface area contributed by atoms with Crippen LogP contribution in [0.3, 0.4) is 0 Å². The number of carboxylic acid groups (broad SMARTS) is 1. The third kappa shape index (κ3) is 2.91. The zero-order valence-corrected chi connectivity index (χ0v) is 12.5. The van der Waals surface area contributed by atoms with E-state index in [-0.39, 0.29) is 23.8 Å². The van der Waals surface area contributed by atoms with Crippen molar-refractivity contribution >= 4 is 27.6 Å². The van der Waals surface area contributed by atoms with Gasteiger partial charge in [0.15, 0.2) is 0 Å². The molecule has 0 bridgehead atoms. The molecule has 1 aromatic rings. The molecule has 1 aliphatic heterocycles. The minimum absolute atomic E-state index is 0.0346. The maximum absolute atomic E-state index is 11.9. The van der Waals surface area contributed by atoms with Crippen LogP contribution in [0.2, 0.25) is 0 Å². The van der Waals surface area contributed by atoms with E-state index in [1.54, 1.807) is 0 Å². The first kappa shape index (κ1) is 15.5. The number of benzene rings is 1. The summed E-state index contributed by atoms with van der Waals surface area (Å²) in [5.74, 6) is -1.99. The number of carboxylic acids is 1. The monoisotopic (exact) mass is 312 g/mol. The summed E-state index contributed by atoms with van der Waals surface area (Å²) in [6.07, 6.45) is -0.0346. The van der Waals surface area contributed by atoms with E-state index in [1.807, 2.05) is 0 Å². The van der Waals surface area contributed by atoms with Crippen molar-refractivity contribution in [3.8, 4) is 0 Å². The highest BCUT2D eigenvalue weighted by molar-refractivity contribution is 7.89. The molecule has 2 rings (SSSR count). The van der Waals surface area contributed by atoms with Gasteiger partial charge < -0.3 is 10.0 Å². The molecule has 0 aromatic heterocycles. The quantitative estimate of drug-likeness (QED) is 0.867. The molecule has 1 aliphatic rings. The predicted octanol–water partition coefficient (Wildman–Crippen LogP) is 0.374. The van der Waals surface area contributed by atoms with Crippen LogP contribution >= 0.6 is 0 Å². The number of hydrogen-bond acceptors (Lipinski definition) is 4. The molecule has 1 heterocycles. The highest BCUT2D eigenvalue weighted by Crippen LogP contribution is 2.26. The lowest BCUT2D eigenvalue weighted by atomic mass is 10.1. The molecule has 1 aromatic carbocycles. The maximum atomic E-state index is 11.9. The number of aliphatic carboxylic acids is 1. The van der Waals surface area contributed by atoms with Crippen molar-refractivity contribution in [2.24, 2.45) is 5.92 Å². The van der Waals surface area contributed by atoms with E-state index in [0.29, 0.717) is 5.69 Å². The van der Waals surface area contributed by atoms with Crippen LogP contribution in [0.15, 0.2) is 29.2 Å². The standard InChI is InChI=1S/C13H16N2O5S/c1-14(2)21(19,20)11-5-3-10(4-6-11)15-8-9(13(17)18)7-12(15)16/h3-6,9H,7-8H2,1-2H3,(H,17,18)/t9-/m0/s1. The number of sulfonamides is 1. The van der Waals surface area contributed by atoms with Gasteiger partial charge in [-0.25, -0.2) is 12.7 Å². The van der Waals surface area contributed by atoms with Gasteiger partial charge in [0.25, 0.3) is 0 Å². The highest BCUT2D eigenvalue weighted by Gasteiger charge is 2.35. The minimum Gasteiger partial charge on any atom is -0.481 e. The topological polar surface area (TPSA) is 95.0 Å². The summed E-state index contributed by atoms with van der Waals surface area (Å²) in [6.45, 7) is 0.105. The summed E-state index contributed by atoms with van der Waals surface area (Å²) in [7, 11) is -0.649. The fraction of sp³-hybridized carbons (Fsp3) is 0.385. The van der Waals surface area contributed by atoms with Crippen molar-refractivity contribution in [3.63, 3.8) is 0 Å². The summed E-state index contributed by atoms with van der Waals surface area (Å²) in [5.41, 5.74) is 0.501. The molecular weight excluding hydrogens is 296 g/mol. The van der Waals surface area contributed by atoms with Gasteiger partial charge in [-0.15, -0.1) is 0 Å². The molecule has 1 amide bonds. The molecule has 1 fully saturated rings. The molecule has 21 heavy (non-hydrogen) atoms. The van der Waals surface area contributed by atoms with Crippen LogP contribution in [0.25, 0.3) is 0 Å². The lowest BCUT2D eigenvalue weighted by Crippen LogP contribution is -2.26. The van der Waals surface area contributed by atoms with Crippen LogP contribution in [-0.2, 0) is 19.6 Å². The van der Waals surface area contributed by atoms with Gasteiger partial charge in [-0.3, -0.25) is 9.59 Å². The third-order valence-corrected chi connectivity index (χ3v) is 5.23. The summed E-state index contributed by atoms with van der Waals surface area (Å²) in [6, 6.07) is 5.84. The summed E-state index contributed by atoms with van der Waals surface area (Å²) < 4.78 is 25.0. The molecule has 0 radical (unpaired) electrons. The Labute approximate surface area is 122 Å². The molecule has 0 saturated carbocycles. The first-order chi connectivity index (χ1) is 9.73. The van der Waals surface area contributed by atoms with Crippen LogP contribution < -0.4 is 4.90 Å². The van der Waals surface area contributed by atoms with Crippen LogP contribution in [-0.4, -0.2) is 50.3 Å². The number of amides is 1. The van der Waals surface area contributed by atoms with E-state index in [4.69, 9.17) is 5.11 Å². The molecule has 0 spiro atoms. The minimum atomic E-state index is -3.52. The smallest absolute Gasteiger partial charge is 0.308 e. The Kier molecular flexibility index (Phi) is 4.02. The fourth-order valence-corrected chi connectivity index (χ4v) is 3.03. The number of hydrogen-bond donors (Lipinski definition) is 1. The predicted molar refractivity (Wildman–Crippen MR) is 75.4 cm³/mol. The van der Waals surface area contributed by atoms with Crippen molar-refractivity contribution in [3.05, 3.63) is 24.3 Å². The third-order valence-electron chi connectivity index (χ3n) is 3.40. The summed E-state index contributed by atoms with van der Waals surface area (Å²) in [5, 5.41) is 8.94. The number of rotatable bonds is 4. The Morgan fingerprint density at radius 3 is 2.29 bits per heavy atom. The van der Waals surface area contributed by atoms with E-state index in [9.17, 15) is 18.0 Å². The second-order valence-corrected chi connectivity index (χ2v) is 7.18. The SMILES string of the molecule is CN(C)S(=O)(=O)c1ccc(N2C[C@@H](C(=O)O)CC2=O)cc1. The Bertz CT molecular complexity index is 666. The van der Waals surface area contributed by atoms with Crippen LogP contribution in [0, 0.1) is 5.92 Å². The molecule has 1 atom stereocenters. The van der Waals surface area contributed by atoms with Gasteiger partial charge in [-0.2, -0.15) is 0 Å². The Balaban J connectivity index is 2.25. The fourth-order valence-electron chi connectivity index (χ4n) is 2.13. The van der Waals surface area contributed by atoms with Crippen LogP contribution in [0.1, 0.15) is 6.42 Å². The van der Waals surface area contributed by atoms with Crippen molar-refractivity contribution < 1.29 is 23.1 Å². The molecule has 0 aliphatic carbocycles. The Morgan fingerprint density at radius 2 is 1.86 bits per heavy atom. The van der Waals surface area contributed by atoms with Crippen molar-refractivity contribution in [2.45, 2.75) is 11.3 Å². The molecule has 1 N–H and O–H groups in total. The number of carbonyl (C=O) groups excluding carboxylic acids is 1. The first-order valence-corrected chi connectivity index (χ1v) is 7.73. The zero-order valence-electron chi connectivity index (χ0n) is 11.7. The first-order valence-electron chi connectivity index (χ1n) is 6.29. The summed E-state index contributed by atoms with van der Waals surface area (Å²) >= 11 is 0. The van der Waals surface area contributed by atoms with Crippen LogP contribution in [0.4, 0.5) is 5.69 Å². The molecule has 0 unspecified atom stereocenters. The average Bonchev–Trinajstić information content (AvgIpc) is 2.81. The Hall–Kier alpha value is -1.93. The lowest BCUT2D eigenvalue weighted by Gasteiger charge is -2.17. The van der Waals surface area contributed by atoms with Crippen molar-refractivity contribution in [2.75, 3.05) is 25.5 Å². The zero-order chi connectivity index (χ0) is 15.8. The number of anilines is 1. The van der Waals surface area contributed by atoms with Gasteiger partial charge in [-0.1, -0.05) is 0 Å². The van der Waals surface area contributed by atoms with E-state index in [0.717, 1.165) is 4.31 Å². The lowest BCUT2D eigenvalue weighted by molar-refractivity contribution is -0.141. The number of carbonyl (C=O) groups is 2. The highest BCUT2D eigenvalue weighted by atomic mass is 32.2. The second-order valence-electron chi connectivity index (χ2n) is 5.02.